The molecule has 94 valence electrons. The summed E-state index contributed by atoms with van der Waals surface area (Å²) in [4.78, 5) is 13.7. The molecule has 0 unspecified atom stereocenters. The minimum atomic E-state index is 0.131. The highest BCUT2D eigenvalue weighted by atomic mass is 16.2. The molecule has 0 aromatic rings. The van der Waals surface area contributed by atoms with Gasteiger partial charge in [0, 0.05) is 12.6 Å². The second-order valence-electron chi connectivity index (χ2n) is 5.11. The Hall–Kier alpha value is -0.610. The molecule has 1 aliphatic rings. The Morgan fingerprint density at radius 3 is 2.62 bits per heavy atom. The first-order chi connectivity index (χ1) is 7.58. The molecular formula is C12H25N3O. The van der Waals surface area contributed by atoms with Crippen molar-refractivity contribution in [2.45, 2.75) is 32.7 Å². The van der Waals surface area contributed by atoms with Gasteiger partial charge in [0.15, 0.2) is 0 Å². The lowest BCUT2D eigenvalue weighted by atomic mass is 9.98. The summed E-state index contributed by atoms with van der Waals surface area (Å²) >= 11 is 0. The van der Waals surface area contributed by atoms with Crippen molar-refractivity contribution in [3.05, 3.63) is 0 Å². The highest BCUT2D eigenvalue weighted by Crippen LogP contribution is 2.12. The number of nitrogens with one attached hydrogen (secondary N) is 2. The minimum absolute atomic E-state index is 0.131. The van der Waals surface area contributed by atoms with E-state index in [1.807, 2.05) is 20.9 Å². The first kappa shape index (κ1) is 13.5. The molecule has 0 radical (unpaired) electrons. The van der Waals surface area contributed by atoms with Gasteiger partial charge in [0.2, 0.25) is 5.91 Å². The van der Waals surface area contributed by atoms with Crippen molar-refractivity contribution < 1.29 is 4.79 Å². The van der Waals surface area contributed by atoms with E-state index in [1.54, 1.807) is 0 Å². The maximum absolute atomic E-state index is 11.5. The van der Waals surface area contributed by atoms with Crippen molar-refractivity contribution in [3.63, 3.8) is 0 Å². The van der Waals surface area contributed by atoms with Gasteiger partial charge in [0.1, 0.15) is 0 Å². The molecule has 1 fully saturated rings. The fraction of sp³-hybridized carbons (Fsp3) is 0.917. The van der Waals surface area contributed by atoms with Crippen LogP contribution in [0.25, 0.3) is 0 Å². The van der Waals surface area contributed by atoms with Crippen LogP contribution >= 0.6 is 0 Å². The quantitative estimate of drug-likeness (QED) is 0.716. The summed E-state index contributed by atoms with van der Waals surface area (Å²) in [5, 5.41) is 6.27. The molecule has 16 heavy (non-hydrogen) atoms. The molecule has 1 aliphatic heterocycles. The second-order valence-corrected chi connectivity index (χ2v) is 5.11. The Morgan fingerprint density at radius 2 is 2.06 bits per heavy atom. The van der Waals surface area contributed by atoms with E-state index in [1.165, 1.54) is 12.8 Å². The number of rotatable bonds is 5. The van der Waals surface area contributed by atoms with E-state index in [2.05, 4.69) is 15.5 Å². The van der Waals surface area contributed by atoms with Crippen LogP contribution in [0, 0.1) is 5.92 Å². The fourth-order valence-electron chi connectivity index (χ4n) is 2.18. The number of hydrogen-bond donors (Lipinski definition) is 2. The lowest BCUT2D eigenvalue weighted by molar-refractivity contribution is -0.122. The third kappa shape index (κ3) is 5.47. The molecule has 0 atom stereocenters. The van der Waals surface area contributed by atoms with Crippen molar-refractivity contribution in [2.75, 3.05) is 33.2 Å². The van der Waals surface area contributed by atoms with Gasteiger partial charge in [-0.25, -0.2) is 0 Å². The van der Waals surface area contributed by atoms with Gasteiger partial charge >= 0.3 is 0 Å². The van der Waals surface area contributed by atoms with Crippen LogP contribution in [0.4, 0.5) is 0 Å². The van der Waals surface area contributed by atoms with Crippen LogP contribution in [0.5, 0.6) is 0 Å². The first-order valence-corrected chi connectivity index (χ1v) is 6.26. The second kappa shape index (κ2) is 6.86. The lowest BCUT2D eigenvalue weighted by Crippen LogP contribution is -2.41. The number of carbonyl (C=O) groups excluding carboxylic acids is 1. The summed E-state index contributed by atoms with van der Waals surface area (Å²) in [6, 6.07) is 0.236. The number of amides is 1. The van der Waals surface area contributed by atoms with Gasteiger partial charge in [-0.1, -0.05) is 0 Å². The summed E-state index contributed by atoms with van der Waals surface area (Å²) in [5.41, 5.74) is 0. The van der Waals surface area contributed by atoms with Gasteiger partial charge < -0.3 is 10.6 Å². The van der Waals surface area contributed by atoms with Crippen LogP contribution in [0.15, 0.2) is 0 Å². The Balaban J connectivity index is 2.18. The molecule has 0 saturated carbocycles. The highest BCUT2D eigenvalue weighted by molar-refractivity contribution is 5.78. The number of hydrogen-bond acceptors (Lipinski definition) is 3. The number of piperidine rings is 1. The predicted molar refractivity (Wildman–Crippen MR) is 66.4 cm³/mol. The van der Waals surface area contributed by atoms with Gasteiger partial charge in [0.25, 0.3) is 0 Å². The lowest BCUT2D eigenvalue weighted by Gasteiger charge is -2.27. The summed E-state index contributed by atoms with van der Waals surface area (Å²) in [7, 11) is 2.03. The predicted octanol–water partition coefficient (Wildman–Crippen LogP) is 0.442. The standard InChI is InChI=1S/C12H25N3O/c1-10(2)14-12(16)9-15(3)8-11-4-6-13-7-5-11/h10-11,13H,4-9H2,1-3H3,(H,14,16). The largest absolute Gasteiger partial charge is 0.353 e. The molecule has 0 spiro atoms. The van der Waals surface area contributed by atoms with Crippen LogP contribution in [0.2, 0.25) is 0 Å². The number of nitrogens with zero attached hydrogens (tertiary/aromatic N) is 1. The Labute approximate surface area is 98.8 Å². The van der Waals surface area contributed by atoms with E-state index in [9.17, 15) is 4.79 Å². The van der Waals surface area contributed by atoms with Crippen molar-refractivity contribution in [1.29, 1.82) is 0 Å². The van der Waals surface area contributed by atoms with Gasteiger partial charge in [0.05, 0.1) is 6.54 Å². The third-order valence-corrected chi connectivity index (χ3v) is 2.89. The molecule has 1 saturated heterocycles. The Bertz CT molecular complexity index is 212. The third-order valence-electron chi connectivity index (χ3n) is 2.89. The smallest absolute Gasteiger partial charge is 0.234 e. The van der Waals surface area contributed by atoms with Crippen LogP contribution in [0.3, 0.4) is 0 Å². The zero-order valence-electron chi connectivity index (χ0n) is 10.8. The zero-order chi connectivity index (χ0) is 12.0. The number of carbonyl (C=O) groups is 1. The van der Waals surface area contributed by atoms with Gasteiger partial charge in [-0.15, -0.1) is 0 Å². The van der Waals surface area contributed by atoms with Crippen LogP contribution in [0.1, 0.15) is 26.7 Å². The molecule has 4 nitrogen and oxygen atoms in total. The maximum atomic E-state index is 11.5. The maximum Gasteiger partial charge on any atom is 0.234 e. The van der Waals surface area contributed by atoms with Crippen LogP contribution in [-0.2, 0) is 4.79 Å². The molecule has 1 rings (SSSR count). The summed E-state index contributed by atoms with van der Waals surface area (Å²) in [6.45, 7) is 7.78. The molecule has 0 aromatic heterocycles. The molecule has 4 heteroatoms. The van der Waals surface area contributed by atoms with Gasteiger partial charge in [-0.2, -0.15) is 0 Å². The zero-order valence-corrected chi connectivity index (χ0v) is 10.8. The SMILES string of the molecule is CC(C)NC(=O)CN(C)CC1CCNCC1. The average molecular weight is 227 g/mol. The molecule has 0 aliphatic carbocycles. The first-order valence-electron chi connectivity index (χ1n) is 6.26. The summed E-state index contributed by atoms with van der Waals surface area (Å²) < 4.78 is 0. The van der Waals surface area contributed by atoms with E-state index in [4.69, 9.17) is 0 Å². The molecule has 1 heterocycles. The highest BCUT2D eigenvalue weighted by Gasteiger charge is 2.16. The summed E-state index contributed by atoms with van der Waals surface area (Å²) in [6.07, 6.45) is 2.46. The van der Waals surface area contributed by atoms with E-state index in [0.717, 1.165) is 25.6 Å². The monoisotopic (exact) mass is 227 g/mol. The van der Waals surface area contributed by atoms with Crippen LogP contribution < -0.4 is 10.6 Å². The van der Waals surface area contributed by atoms with Crippen molar-refractivity contribution in [1.82, 2.24) is 15.5 Å². The molecule has 0 aromatic carbocycles. The number of likely N-dealkylation sites (N-methyl/N-ethyl adjacent to an activating group) is 1. The normalized spacial score (nSPS) is 18.1. The average Bonchev–Trinajstić information content (AvgIpc) is 2.17. The van der Waals surface area contributed by atoms with Gasteiger partial charge in [-0.05, 0) is 52.7 Å². The van der Waals surface area contributed by atoms with E-state index < -0.39 is 0 Å². The Morgan fingerprint density at radius 1 is 1.44 bits per heavy atom. The van der Waals surface area contributed by atoms with Crippen molar-refractivity contribution in [2.24, 2.45) is 5.92 Å². The minimum Gasteiger partial charge on any atom is -0.353 e. The fourth-order valence-corrected chi connectivity index (χ4v) is 2.18. The molecule has 1 amide bonds. The van der Waals surface area contributed by atoms with E-state index in [-0.39, 0.29) is 11.9 Å². The van der Waals surface area contributed by atoms with Gasteiger partial charge in [-0.3, -0.25) is 9.69 Å². The van der Waals surface area contributed by atoms with E-state index >= 15 is 0 Å². The molecule has 2 N–H and O–H groups in total. The van der Waals surface area contributed by atoms with Crippen LogP contribution in [-0.4, -0.2) is 50.1 Å². The van der Waals surface area contributed by atoms with Crippen molar-refractivity contribution in [3.8, 4) is 0 Å². The van der Waals surface area contributed by atoms with Crippen molar-refractivity contribution >= 4 is 5.91 Å². The Kier molecular flexibility index (Phi) is 5.77. The van der Waals surface area contributed by atoms with E-state index in [0.29, 0.717) is 6.54 Å². The topological polar surface area (TPSA) is 44.4 Å². The molecule has 0 bridgehead atoms. The molecular weight excluding hydrogens is 202 g/mol. The summed E-state index contributed by atoms with van der Waals surface area (Å²) in [5.74, 6) is 0.879.